The molecule has 8 N–H and O–H groups in total. The van der Waals surface area contributed by atoms with E-state index in [9.17, 15) is 33.6 Å². The molecule has 0 unspecified atom stereocenters. The highest BCUT2D eigenvalue weighted by atomic mass is 16.4. The summed E-state index contributed by atoms with van der Waals surface area (Å²) in [5, 5.41) is 33.4. The van der Waals surface area contributed by atoms with Crippen LogP contribution in [0.25, 0.3) is 6.08 Å². The molecule has 0 radical (unpaired) electrons. The molecule has 0 aliphatic carbocycles. The Morgan fingerprint density at radius 2 is 1.33 bits per heavy atom. The van der Waals surface area contributed by atoms with Crippen molar-refractivity contribution < 1.29 is 48.9 Å². The molecule has 14 heteroatoms. The minimum absolute atomic E-state index is 0.111. The lowest BCUT2D eigenvalue weighted by Crippen LogP contribution is -2.56. The van der Waals surface area contributed by atoms with Crippen LogP contribution in [-0.2, 0) is 28.8 Å². The Hall–Kier alpha value is -5.19. The van der Waals surface area contributed by atoms with Crippen molar-refractivity contribution in [1.82, 2.24) is 16.0 Å². The molecule has 0 aromatic heterocycles. The van der Waals surface area contributed by atoms with Gasteiger partial charge in [-0.2, -0.15) is 0 Å². The van der Waals surface area contributed by atoms with E-state index in [0.29, 0.717) is 5.56 Å². The first-order chi connectivity index (χ1) is 18.3. The normalized spacial score (nSPS) is 12.8. The predicted octanol–water partition coefficient (Wildman–Crippen LogP) is -0.909. The Morgan fingerprint density at radius 1 is 0.821 bits per heavy atom. The molecular formula is C25H28N4O10. The second kappa shape index (κ2) is 15.8. The van der Waals surface area contributed by atoms with Crippen LogP contribution in [0, 0.1) is 12.3 Å². The van der Waals surface area contributed by atoms with Gasteiger partial charge in [0.2, 0.25) is 17.7 Å². The van der Waals surface area contributed by atoms with E-state index in [-0.39, 0.29) is 18.4 Å². The van der Waals surface area contributed by atoms with E-state index in [4.69, 9.17) is 27.5 Å². The maximum Gasteiger partial charge on any atom is 0.328 e. The second-order valence-corrected chi connectivity index (χ2v) is 8.12. The number of carbonyl (C=O) groups excluding carboxylic acids is 4. The summed E-state index contributed by atoms with van der Waals surface area (Å²) in [5.41, 5.74) is 5.81. The number of nitrogens with one attached hydrogen (secondary N) is 3. The van der Waals surface area contributed by atoms with Crippen LogP contribution in [0.3, 0.4) is 0 Å². The third-order valence-electron chi connectivity index (χ3n) is 5.12. The maximum atomic E-state index is 12.9. The first-order valence-electron chi connectivity index (χ1n) is 11.4. The molecule has 1 rings (SSSR count). The zero-order chi connectivity index (χ0) is 29.5. The fourth-order valence-corrected chi connectivity index (χ4v) is 3.12. The van der Waals surface area contributed by atoms with E-state index in [1.165, 1.54) is 30.3 Å². The number of hydrogen-bond donors (Lipinski definition) is 7. The first-order valence-corrected chi connectivity index (χ1v) is 11.4. The Morgan fingerprint density at radius 3 is 1.82 bits per heavy atom. The molecule has 0 aliphatic rings. The predicted molar refractivity (Wildman–Crippen MR) is 135 cm³/mol. The van der Waals surface area contributed by atoms with E-state index in [1.54, 1.807) is 0 Å². The van der Waals surface area contributed by atoms with Gasteiger partial charge in [-0.1, -0.05) is 12.1 Å². The summed E-state index contributed by atoms with van der Waals surface area (Å²) in [6.45, 7) is 0. The van der Waals surface area contributed by atoms with Crippen LogP contribution < -0.4 is 21.7 Å². The van der Waals surface area contributed by atoms with Crippen molar-refractivity contribution in [3.05, 3.63) is 41.5 Å². The molecule has 39 heavy (non-hydrogen) atoms. The van der Waals surface area contributed by atoms with Crippen molar-refractivity contribution >= 4 is 47.6 Å². The number of amides is 4. The van der Waals surface area contributed by atoms with Gasteiger partial charge in [0, 0.05) is 30.9 Å². The van der Waals surface area contributed by atoms with E-state index in [0.717, 1.165) is 6.08 Å². The first kappa shape index (κ1) is 31.8. The van der Waals surface area contributed by atoms with Gasteiger partial charge in [0.25, 0.3) is 5.91 Å². The van der Waals surface area contributed by atoms with Crippen molar-refractivity contribution in [2.24, 2.45) is 5.73 Å². The van der Waals surface area contributed by atoms with Crippen molar-refractivity contribution in [1.29, 1.82) is 0 Å². The standard InChI is InChI=1S/C25H28N4O10/c1-2-3-17(28-23(37)15-7-4-14(5-8-15)6-11-19(30)31)24(38)29-18(10-13-21(34)35)25(39)27-16(22(26)36)9-12-20(32)33/h1,4-8,11,16-18H,3,9-10,12-13H2,(H2,26,36)(H,27,39)(H,28,37)(H,29,38)(H,30,31)(H,32,33)(H,34,35)/b11-6+/t16-,17-,18-/m0/s1. The maximum absolute atomic E-state index is 12.9. The molecule has 14 nitrogen and oxygen atoms in total. The molecule has 3 atom stereocenters. The van der Waals surface area contributed by atoms with Crippen LogP contribution in [0.4, 0.5) is 0 Å². The summed E-state index contributed by atoms with van der Waals surface area (Å²) in [5.74, 6) is -5.12. The van der Waals surface area contributed by atoms with Gasteiger partial charge in [0.1, 0.15) is 18.1 Å². The van der Waals surface area contributed by atoms with Crippen LogP contribution >= 0.6 is 0 Å². The van der Waals surface area contributed by atoms with Crippen LogP contribution in [0.2, 0.25) is 0 Å². The molecule has 0 saturated heterocycles. The highest BCUT2D eigenvalue weighted by Crippen LogP contribution is 2.08. The summed E-state index contributed by atoms with van der Waals surface area (Å²) in [6, 6.07) is 1.48. The lowest BCUT2D eigenvalue weighted by atomic mass is 10.1. The summed E-state index contributed by atoms with van der Waals surface area (Å²) in [6.07, 6.45) is 5.45. The lowest BCUT2D eigenvalue weighted by molar-refractivity contribution is -0.139. The summed E-state index contributed by atoms with van der Waals surface area (Å²) in [4.78, 5) is 82.5. The number of carbonyl (C=O) groups is 7. The third kappa shape index (κ3) is 12.1. The van der Waals surface area contributed by atoms with Crippen molar-refractivity contribution in [3.63, 3.8) is 0 Å². The van der Waals surface area contributed by atoms with Crippen molar-refractivity contribution in [2.45, 2.75) is 50.2 Å². The molecule has 0 saturated carbocycles. The lowest BCUT2D eigenvalue weighted by Gasteiger charge is -2.24. The molecule has 0 heterocycles. The number of carboxylic acids is 3. The Labute approximate surface area is 222 Å². The molecule has 0 bridgehead atoms. The number of carboxylic acid groups (broad SMARTS) is 3. The highest BCUT2D eigenvalue weighted by molar-refractivity contribution is 5.99. The molecule has 0 aliphatic heterocycles. The van der Waals surface area contributed by atoms with Gasteiger partial charge >= 0.3 is 17.9 Å². The largest absolute Gasteiger partial charge is 0.481 e. The Kier molecular flexibility index (Phi) is 12.9. The molecular weight excluding hydrogens is 516 g/mol. The van der Waals surface area contributed by atoms with Crippen LogP contribution in [0.1, 0.15) is 48.0 Å². The molecule has 0 spiro atoms. The van der Waals surface area contributed by atoms with Crippen LogP contribution in [0.15, 0.2) is 30.3 Å². The molecule has 1 aromatic rings. The number of benzene rings is 1. The highest BCUT2D eigenvalue weighted by Gasteiger charge is 2.29. The van der Waals surface area contributed by atoms with Crippen molar-refractivity contribution in [3.8, 4) is 12.3 Å². The van der Waals surface area contributed by atoms with E-state index in [2.05, 4.69) is 21.9 Å². The summed E-state index contributed by atoms with van der Waals surface area (Å²) in [7, 11) is 0. The zero-order valence-corrected chi connectivity index (χ0v) is 20.6. The monoisotopic (exact) mass is 544 g/mol. The number of hydrogen-bond acceptors (Lipinski definition) is 7. The minimum Gasteiger partial charge on any atom is -0.481 e. The van der Waals surface area contributed by atoms with E-state index < -0.39 is 78.9 Å². The molecule has 4 amide bonds. The third-order valence-corrected chi connectivity index (χ3v) is 5.12. The Bertz CT molecular complexity index is 1170. The number of primary amides is 1. The van der Waals surface area contributed by atoms with Gasteiger partial charge in [-0.05, 0) is 36.6 Å². The fraction of sp³-hybridized carbons (Fsp3) is 0.320. The molecule has 0 fully saturated rings. The van der Waals surface area contributed by atoms with Gasteiger partial charge in [0.05, 0.1) is 0 Å². The summed E-state index contributed by atoms with van der Waals surface area (Å²) < 4.78 is 0. The van der Waals surface area contributed by atoms with Gasteiger partial charge in [-0.3, -0.25) is 28.8 Å². The number of terminal acetylenes is 1. The van der Waals surface area contributed by atoms with Gasteiger partial charge in [-0.15, -0.1) is 12.3 Å². The average molecular weight is 545 g/mol. The van der Waals surface area contributed by atoms with Gasteiger partial charge in [0.15, 0.2) is 0 Å². The molecule has 1 aromatic carbocycles. The van der Waals surface area contributed by atoms with E-state index in [1.807, 2.05) is 0 Å². The van der Waals surface area contributed by atoms with Gasteiger partial charge in [-0.25, -0.2) is 4.79 Å². The number of aliphatic carboxylic acids is 3. The fourth-order valence-electron chi connectivity index (χ4n) is 3.12. The molecule has 208 valence electrons. The zero-order valence-electron chi connectivity index (χ0n) is 20.6. The minimum atomic E-state index is -1.49. The number of rotatable bonds is 16. The summed E-state index contributed by atoms with van der Waals surface area (Å²) >= 11 is 0. The quantitative estimate of drug-likeness (QED) is 0.0997. The van der Waals surface area contributed by atoms with E-state index >= 15 is 0 Å². The second-order valence-electron chi connectivity index (χ2n) is 8.12. The van der Waals surface area contributed by atoms with Crippen LogP contribution in [-0.4, -0.2) is 75.0 Å². The SMILES string of the molecule is C#CC[C@H](NC(=O)c1ccc(/C=C/C(=O)O)cc1)C(=O)N[C@@H](CCC(=O)O)C(=O)N[C@@H](CCC(=O)O)C(N)=O. The van der Waals surface area contributed by atoms with Crippen LogP contribution in [0.5, 0.6) is 0 Å². The Balaban J connectivity index is 3.01. The number of nitrogens with two attached hydrogens (primary N) is 1. The van der Waals surface area contributed by atoms with Crippen molar-refractivity contribution in [2.75, 3.05) is 0 Å². The smallest absolute Gasteiger partial charge is 0.328 e. The van der Waals surface area contributed by atoms with Gasteiger partial charge < -0.3 is 37.0 Å². The topological polar surface area (TPSA) is 242 Å². The average Bonchev–Trinajstić information content (AvgIpc) is 2.86.